The zero-order valence-corrected chi connectivity index (χ0v) is 12.1. The Hall–Kier alpha value is -1.28. The normalized spacial score (nSPS) is 10.3. The predicted octanol–water partition coefficient (Wildman–Crippen LogP) is 4.72. The second-order valence-electron chi connectivity index (χ2n) is 4.20. The van der Waals surface area contributed by atoms with Crippen molar-refractivity contribution in [3.05, 3.63) is 65.2 Å². The first kappa shape index (κ1) is 13.2. The lowest BCUT2D eigenvalue weighted by atomic mass is 10.1. The van der Waals surface area contributed by atoms with E-state index >= 15 is 0 Å². The molecule has 0 bridgehead atoms. The Bertz CT molecular complexity index is 491. The summed E-state index contributed by atoms with van der Waals surface area (Å²) in [6.45, 7) is 2.78. The molecule has 0 amide bonds. The van der Waals surface area contributed by atoms with Gasteiger partial charge in [0, 0.05) is 10.9 Å². The van der Waals surface area contributed by atoms with Crippen LogP contribution in [0.4, 0.5) is 0 Å². The molecule has 0 aromatic heterocycles. The van der Waals surface area contributed by atoms with E-state index in [4.69, 9.17) is 4.74 Å². The molecule has 0 atom stereocenters. The molecule has 0 fully saturated rings. The van der Waals surface area contributed by atoms with Crippen LogP contribution < -0.4 is 4.74 Å². The second-order valence-corrected chi connectivity index (χ2v) is 4.76. The quantitative estimate of drug-likeness (QED) is 0.726. The van der Waals surface area contributed by atoms with Crippen molar-refractivity contribution < 1.29 is 4.74 Å². The highest BCUT2D eigenvalue weighted by Gasteiger charge is 2.01. The topological polar surface area (TPSA) is 9.23 Å². The maximum Gasteiger partial charge on any atom is 0.123 e. The number of halogens is 1. The van der Waals surface area contributed by atoms with Gasteiger partial charge in [-0.3, -0.25) is 0 Å². The molecule has 0 heterocycles. The predicted molar refractivity (Wildman–Crippen MR) is 79.2 cm³/mol. The molecule has 1 nitrogen and oxygen atoms in total. The van der Waals surface area contributed by atoms with Crippen LogP contribution in [0.1, 0.15) is 23.6 Å². The van der Waals surface area contributed by atoms with Gasteiger partial charge in [0.1, 0.15) is 12.4 Å². The number of aryl methyl sites for hydroxylation is 1. The van der Waals surface area contributed by atoms with Crippen LogP contribution in [0.3, 0.4) is 0 Å². The first-order valence-electron chi connectivity index (χ1n) is 6.18. The van der Waals surface area contributed by atoms with E-state index in [0.717, 1.165) is 17.5 Å². The third-order valence-electron chi connectivity index (χ3n) is 2.94. The molecule has 0 aliphatic heterocycles. The van der Waals surface area contributed by atoms with Crippen molar-refractivity contribution in [2.75, 3.05) is 0 Å². The van der Waals surface area contributed by atoms with Crippen molar-refractivity contribution >= 4 is 15.9 Å². The third-order valence-corrected chi connectivity index (χ3v) is 3.55. The van der Waals surface area contributed by atoms with Crippen molar-refractivity contribution in [2.24, 2.45) is 0 Å². The summed E-state index contributed by atoms with van der Waals surface area (Å²) in [6.07, 6.45) is 1.08. The number of rotatable bonds is 5. The lowest BCUT2D eigenvalue weighted by molar-refractivity contribution is 0.304. The number of ether oxygens (including phenoxy) is 1. The average molecular weight is 305 g/mol. The van der Waals surface area contributed by atoms with E-state index in [-0.39, 0.29) is 0 Å². The minimum absolute atomic E-state index is 0.619. The number of benzene rings is 2. The molecular formula is C16H17BrO. The molecule has 0 aliphatic rings. The van der Waals surface area contributed by atoms with Crippen molar-refractivity contribution in [1.82, 2.24) is 0 Å². The minimum atomic E-state index is 0.619. The number of hydrogen-bond donors (Lipinski definition) is 0. The number of alkyl halides is 1. The average Bonchev–Trinajstić information content (AvgIpc) is 2.46. The third kappa shape index (κ3) is 3.36. The van der Waals surface area contributed by atoms with Gasteiger partial charge in [0.2, 0.25) is 0 Å². The highest BCUT2D eigenvalue weighted by molar-refractivity contribution is 9.08. The molecule has 94 valence electrons. The van der Waals surface area contributed by atoms with Gasteiger partial charge in [-0.05, 0) is 23.6 Å². The summed E-state index contributed by atoms with van der Waals surface area (Å²) in [5.41, 5.74) is 3.75. The Morgan fingerprint density at radius 3 is 2.28 bits per heavy atom. The van der Waals surface area contributed by atoms with E-state index in [2.05, 4.69) is 53.2 Å². The van der Waals surface area contributed by atoms with Gasteiger partial charge >= 0.3 is 0 Å². The van der Waals surface area contributed by atoms with Crippen LogP contribution in [0.5, 0.6) is 5.75 Å². The van der Waals surface area contributed by atoms with Gasteiger partial charge in [0.05, 0.1) is 0 Å². The van der Waals surface area contributed by atoms with Crippen molar-refractivity contribution in [1.29, 1.82) is 0 Å². The van der Waals surface area contributed by atoms with Crippen molar-refractivity contribution in [2.45, 2.75) is 25.3 Å². The molecular weight excluding hydrogens is 288 g/mol. The smallest absolute Gasteiger partial charge is 0.123 e. The second kappa shape index (κ2) is 6.60. The molecule has 2 rings (SSSR count). The van der Waals surface area contributed by atoms with Gasteiger partial charge in [-0.15, -0.1) is 0 Å². The molecule has 0 saturated carbocycles. The SMILES string of the molecule is CCc1ccc(COc2ccccc2CBr)cc1. The largest absolute Gasteiger partial charge is 0.489 e. The monoisotopic (exact) mass is 304 g/mol. The van der Waals surface area contributed by atoms with Gasteiger partial charge in [-0.1, -0.05) is 65.3 Å². The van der Waals surface area contributed by atoms with E-state index < -0.39 is 0 Å². The van der Waals surface area contributed by atoms with Gasteiger partial charge in [0.25, 0.3) is 0 Å². The minimum Gasteiger partial charge on any atom is -0.489 e. The molecule has 2 aromatic rings. The summed E-state index contributed by atoms with van der Waals surface area (Å²) in [7, 11) is 0. The summed E-state index contributed by atoms with van der Waals surface area (Å²) < 4.78 is 5.86. The molecule has 0 N–H and O–H groups in total. The van der Waals surface area contributed by atoms with Gasteiger partial charge in [0.15, 0.2) is 0 Å². The van der Waals surface area contributed by atoms with Gasteiger partial charge < -0.3 is 4.74 Å². The standard InChI is InChI=1S/C16H17BrO/c1-2-13-7-9-14(10-8-13)12-18-16-6-4-3-5-15(16)11-17/h3-10H,2,11-12H2,1H3. The Kier molecular flexibility index (Phi) is 4.82. The van der Waals surface area contributed by atoms with Crippen LogP contribution >= 0.6 is 15.9 Å². The molecule has 0 spiro atoms. The number of para-hydroxylation sites is 1. The Balaban J connectivity index is 2.02. The summed E-state index contributed by atoms with van der Waals surface area (Å²) in [5, 5.41) is 0.817. The number of hydrogen-bond acceptors (Lipinski definition) is 1. The summed E-state index contributed by atoms with van der Waals surface area (Å²) in [4.78, 5) is 0. The lowest BCUT2D eigenvalue weighted by Crippen LogP contribution is -1.97. The molecule has 2 aromatic carbocycles. The first-order chi connectivity index (χ1) is 8.83. The van der Waals surface area contributed by atoms with Crippen LogP contribution in [0, 0.1) is 0 Å². The van der Waals surface area contributed by atoms with E-state index in [1.165, 1.54) is 16.7 Å². The first-order valence-corrected chi connectivity index (χ1v) is 7.30. The molecule has 0 aliphatic carbocycles. The molecule has 0 saturated heterocycles. The summed E-state index contributed by atoms with van der Waals surface area (Å²) in [6, 6.07) is 16.7. The van der Waals surface area contributed by atoms with Gasteiger partial charge in [-0.25, -0.2) is 0 Å². The van der Waals surface area contributed by atoms with Gasteiger partial charge in [-0.2, -0.15) is 0 Å². The zero-order chi connectivity index (χ0) is 12.8. The maximum atomic E-state index is 5.86. The summed E-state index contributed by atoms with van der Waals surface area (Å²) >= 11 is 3.47. The van der Waals surface area contributed by atoms with Crippen LogP contribution in [0.15, 0.2) is 48.5 Å². The maximum absolute atomic E-state index is 5.86. The molecule has 0 radical (unpaired) electrons. The molecule has 2 heteroatoms. The fraction of sp³-hybridized carbons (Fsp3) is 0.250. The van der Waals surface area contributed by atoms with Crippen molar-refractivity contribution in [3.63, 3.8) is 0 Å². The highest BCUT2D eigenvalue weighted by atomic mass is 79.9. The zero-order valence-electron chi connectivity index (χ0n) is 10.5. The van der Waals surface area contributed by atoms with E-state index in [1.807, 2.05) is 18.2 Å². The molecule has 18 heavy (non-hydrogen) atoms. The fourth-order valence-electron chi connectivity index (χ4n) is 1.79. The highest BCUT2D eigenvalue weighted by Crippen LogP contribution is 2.21. The Morgan fingerprint density at radius 2 is 1.61 bits per heavy atom. The fourth-order valence-corrected chi connectivity index (χ4v) is 2.25. The van der Waals surface area contributed by atoms with E-state index in [1.54, 1.807) is 0 Å². The van der Waals surface area contributed by atoms with E-state index in [0.29, 0.717) is 6.61 Å². The summed E-state index contributed by atoms with van der Waals surface area (Å²) in [5.74, 6) is 0.953. The van der Waals surface area contributed by atoms with E-state index in [9.17, 15) is 0 Å². The van der Waals surface area contributed by atoms with Crippen molar-refractivity contribution in [3.8, 4) is 5.75 Å². The Labute approximate surface area is 117 Å². The van der Waals surface area contributed by atoms with Crippen LogP contribution in [0.25, 0.3) is 0 Å². The van der Waals surface area contributed by atoms with Crippen LogP contribution in [0.2, 0.25) is 0 Å². The lowest BCUT2D eigenvalue weighted by Gasteiger charge is -2.10. The van der Waals surface area contributed by atoms with Crippen LogP contribution in [-0.2, 0) is 18.4 Å². The molecule has 0 unspecified atom stereocenters. The van der Waals surface area contributed by atoms with Crippen LogP contribution in [-0.4, -0.2) is 0 Å². The Morgan fingerprint density at radius 1 is 0.944 bits per heavy atom.